The molecule has 16 heavy (non-hydrogen) atoms. The number of benzene rings is 1. The van der Waals surface area contributed by atoms with Gasteiger partial charge in [-0.15, -0.1) is 4.68 Å². The number of rotatable bonds is 1. The van der Waals surface area contributed by atoms with Crippen molar-refractivity contribution in [2.24, 2.45) is 0 Å². The van der Waals surface area contributed by atoms with Gasteiger partial charge in [-0.2, -0.15) is 5.10 Å². The van der Waals surface area contributed by atoms with Gasteiger partial charge in [-0.3, -0.25) is 5.10 Å². The molecule has 0 spiro atoms. The maximum Gasteiger partial charge on any atom is 0.249 e. The molecule has 0 radical (unpaired) electrons. The van der Waals surface area contributed by atoms with Gasteiger partial charge >= 0.3 is 0 Å². The molecule has 3 rings (SSSR count). The molecular weight excluding hydrogens is 228 g/mol. The Balaban J connectivity index is 0.000000963. The molecule has 0 atom stereocenters. The second-order valence-electron chi connectivity index (χ2n) is 3.20. The lowest BCUT2D eigenvalue weighted by molar-refractivity contribution is -0.633. The third-order valence-electron chi connectivity index (χ3n) is 2.28. The summed E-state index contributed by atoms with van der Waals surface area (Å²) in [7, 11) is 0. The van der Waals surface area contributed by atoms with Gasteiger partial charge in [0.1, 0.15) is 6.20 Å². The van der Waals surface area contributed by atoms with Gasteiger partial charge in [0, 0.05) is 5.10 Å². The standard InChI is InChI=1S/C9H8N6.ClH/c10-9-8(5-11-13-9)15-7-4-2-1-3-6(7)12-14-15;/h1-5H,(H3,10,11,12,13,14);1H. The number of aromatic nitrogens is 5. The molecule has 0 aliphatic heterocycles. The Morgan fingerprint density at radius 2 is 2.06 bits per heavy atom. The quantitative estimate of drug-likeness (QED) is 0.398. The average molecular weight is 237 g/mol. The van der Waals surface area contributed by atoms with Crippen LogP contribution in [0, 0.1) is 0 Å². The monoisotopic (exact) mass is 236 g/mol. The first-order chi connectivity index (χ1) is 7.36. The van der Waals surface area contributed by atoms with Crippen molar-refractivity contribution >= 4 is 16.9 Å². The van der Waals surface area contributed by atoms with Gasteiger partial charge in [-0.05, 0) is 12.1 Å². The van der Waals surface area contributed by atoms with E-state index in [4.69, 9.17) is 5.73 Å². The summed E-state index contributed by atoms with van der Waals surface area (Å²) in [6.07, 6.45) is 1.65. The predicted octanol–water partition coefficient (Wildman–Crippen LogP) is -2.85. The Hall–Kier alpha value is -2.08. The zero-order valence-electron chi connectivity index (χ0n) is 8.18. The second-order valence-corrected chi connectivity index (χ2v) is 3.20. The first-order valence-electron chi connectivity index (χ1n) is 4.50. The third kappa shape index (κ3) is 1.40. The zero-order chi connectivity index (χ0) is 10.3. The Kier molecular flexibility index (Phi) is 2.49. The van der Waals surface area contributed by atoms with Crippen LogP contribution in [0.5, 0.6) is 0 Å². The van der Waals surface area contributed by atoms with Crippen molar-refractivity contribution in [3.8, 4) is 5.69 Å². The number of nitrogens with zero attached hydrogens (tertiary/aromatic N) is 3. The molecule has 6 nitrogen and oxygen atoms in total. The first-order valence-corrected chi connectivity index (χ1v) is 4.50. The van der Waals surface area contributed by atoms with E-state index < -0.39 is 0 Å². The molecule has 7 heteroatoms. The molecule has 0 saturated heterocycles. The van der Waals surface area contributed by atoms with E-state index in [1.54, 1.807) is 10.9 Å². The van der Waals surface area contributed by atoms with Crippen LogP contribution >= 0.6 is 0 Å². The minimum Gasteiger partial charge on any atom is -1.00 e. The number of hydrogen-bond acceptors (Lipinski definition) is 3. The lowest BCUT2D eigenvalue weighted by Gasteiger charge is -1.91. The van der Waals surface area contributed by atoms with Crippen LogP contribution in [0.25, 0.3) is 16.7 Å². The van der Waals surface area contributed by atoms with Gasteiger partial charge < -0.3 is 18.1 Å². The molecule has 4 N–H and O–H groups in total. The number of hydrogen-bond donors (Lipinski definition) is 3. The van der Waals surface area contributed by atoms with Gasteiger partial charge in [0.05, 0.1) is 0 Å². The molecule has 1 aromatic carbocycles. The molecule has 0 amide bonds. The minimum atomic E-state index is 0. The molecule has 0 aliphatic carbocycles. The number of nitrogens with one attached hydrogen (secondary N) is 2. The highest BCUT2D eigenvalue weighted by atomic mass is 35.5. The van der Waals surface area contributed by atoms with Crippen LogP contribution in [-0.2, 0) is 0 Å². The van der Waals surface area contributed by atoms with Crippen LogP contribution < -0.4 is 22.8 Å². The van der Waals surface area contributed by atoms with Crippen LogP contribution in [-0.4, -0.2) is 20.5 Å². The summed E-state index contributed by atoms with van der Waals surface area (Å²) in [6, 6.07) is 7.78. The summed E-state index contributed by atoms with van der Waals surface area (Å²) in [6.45, 7) is 0. The van der Waals surface area contributed by atoms with Gasteiger partial charge in [-0.25, -0.2) is 0 Å². The number of anilines is 1. The highest BCUT2D eigenvalue weighted by molar-refractivity contribution is 5.70. The number of H-pyrrole nitrogens is 2. The second kappa shape index (κ2) is 3.82. The van der Waals surface area contributed by atoms with Crippen LogP contribution in [0.1, 0.15) is 0 Å². The fourth-order valence-electron chi connectivity index (χ4n) is 1.56. The van der Waals surface area contributed by atoms with Gasteiger partial charge in [0.25, 0.3) is 0 Å². The van der Waals surface area contributed by atoms with Crippen LogP contribution in [0.15, 0.2) is 30.5 Å². The predicted molar refractivity (Wildman–Crippen MR) is 54.2 cm³/mol. The number of fused-ring (bicyclic) bond motifs is 1. The van der Waals surface area contributed by atoms with Gasteiger partial charge in [0.2, 0.25) is 16.7 Å². The Labute approximate surface area is 96.9 Å². The normalized spacial score (nSPS) is 10.2. The molecule has 3 aromatic rings. The fraction of sp³-hybridized carbons (Fsp3) is 0. The molecule has 82 valence electrons. The fourth-order valence-corrected chi connectivity index (χ4v) is 1.56. The van der Waals surface area contributed by atoms with E-state index >= 15 is 0 Å². The van der Waals surface area contributed by atoms with Crippen molar-refractivity contribution in [2.45, 2.75) is 0 Å². The van der Waals surface area contributed by atoms with E-state index in [2.05, 4.69) is 20.5 Å². The SMILES string of the molecule is Nc1[nH]ncc1-[n+]1[nH]nc2ccccc21.[Cl-]. The first kappa shape index (κ1) is 10.4. The number of para-hydroxylation sites is 2. The van der Waals surface area contributed by atoms with E-state index in [9.17, 15) is 0 Å². The number of halogens is 1. The van der Waals surface area contributed by atoms with Gasteiger partial charge in [-0.1, -0.05) is 17.3 Å². The lowest BCUT2D eigenvalue weighted by Crippen LogP contribution is -3.00. The highest BCUT2D eigenvalue weighted by Gasteiger charge is 2.16. The summed E-state index contributed by atoms with van der Waals surface area (Å²) in [5, 5.41) is 13.6. The van der Waals surface area contributed by atoms with Crippen molar-refractivity contribution < 1.29 is 17.1 Å². The van der Waals surface area contributed by atoms with E-state index in [1.165, 1.54) is 0 Å². The summed E-state index contributed by atoms with van der Waals surface area (Å²) >= 11 is 0. The van der Waals surface area contributed by atoms with Crippen molar-refractivity contribution in [1.82, 2.24) is 20.5 Å². The molecule has 0 bridgehead atoms. The molecule has 0 fully saturated rings. The van der Waals surface area contributed by atoms with Crippen LogP contribution in [0.3, 0.4) is 0 Å². The third-order valence-corrected chi connectivity index (χ3v) is 2.28. The Morgan fingerprint density at radius 3 is 2.81 bits per heavy atom. The topological polar surface area (TPSA) is 87.3 Å². The number of aromatic amines is 2. The van der Waals surface area contributed by atoms with Crippen molar-refractivity contribution in [3.05, 3.63) is 30.5 Å². The number of nitrogen functional groups attached to an aromatic ring is 1. The Morgan fingerprint density at radius 1 is 1.25 bits per heavy atom. The molecule has 0 saturated carbocycles. The van der Waals surface area contributed by atoms with E-state index in [0.29, 0.717) is 5.82 Å². The minimum absolute atomic E-state index is 0. The van der Waals surface area contributed by atoms with Crippen molar-refractivity contribution in [3.63, 3.8) is 0 Å². The van der Waals surface area contributed by atoms with E-state index in [-0.39, 0.29) is 12.4 Å². The largest absolute Gasteiger partial charge is 1.00 e. The smallest absolute Gasteiger partial charge is 0.249 e. The summed E-state index contributed by atoms with van der Waals surface area (Å²) in [4.78, 5) is 0. The van der Waals surface area contributed by atoms with Gasteiger partial charge in [0.15, 0.2) is 5.82 Å². The van der Waals surface area contributed by atoms with Crippen molar-refractivity contribution in [2.75, 3.05) is 5.73 Å². The molecule has 0 unspecified atom stereocenters. The number of nitrogens with two attached hydrogens (primary N) is 1. The summed E-state index contributed by atoms with van der Waals surface area (Å²) < 4.78 is 1.79. The maximum atomic E-state index is 5.74. The maximum absolute atomic E-state index is 5.74. The van der Waals surface area contributed by atoms with Crippen molar-refractivity contribution in [1.29, 1.82) is 0 Å². The molecule has 2 heterocycles. The zero-order valence-corrected chi connectivity index (χ0v) is 8.94. The van der Waals surface area contributed by atoms with E-state index in [0.717, 1.165) is 16.7 Å². The summed E-state index contributed by atoms with van der Waals surface area (Å²) in [5.41, 5.74) is 8.35. The van der Waals surface area contributed by atoms with Crippen LogP contribution in [0.4, 0.5) is 5.82 Å². The van der Waals surface area contributed by atoms with Crippen LogP contribution in [0.2, 0.25) is 0 Å². The Bertz CT molecular complexity index is 613. The molecular formula is C9H9ClN6. The molecule has 0 aliphatic rings. The van der Waals surface area contributed by atoms with E-state index in [1.807, 2.05) is 24.3 Å². The average Bonchev–Trinajstić information content (AvgIpc) is 2.83. The summed E-state index contributed by atoms with van der Waals surface area (Å²) in [5.74, 6) is 0.509. The molecule has 2 aromatic heterocycles. The lowest BCUT2D eigenvalue weighted by atomic mass is 10.3. The highest BCUT2D eigenvalue weighted by Crippen LogP contribution is 2.10.